The zero-order valence-electron chi connectivity index (χ0n) is 10.8. The number of hydrogen-bond acceptors (Lipinski definition) is 3. The molecule has 0 spiro atoms. The Balaban J connectivity index is 2.39. The summed E-state index contributed by atoms with van der Waals surface area (Å²) in [6.45, 7) is 2.17. The number of nitriles is 1. The average Bonchev–Trinajstić information content (AvgIpc) is 2.75. The van der Waals surface area contributed by atoms with Gasteiger partial charge >= 0.3 is 0 Å². The Morgan fingerprint density at radius 1 is 1.39 bits per heavy atom. The van der Waals surface area contributed by atoms with Gasteiger partial charge in [-0.25, -0.2) is 4.98 Å². The van der Waals surface area contributed by atoms with Crippen molar-refractivity contribution in [1.82, 2.24) is 9.97 Å². The Morgan fingerprint density at radius 2 is 2.22 bits per heavy atom. The number of rotatable bonds is 5. The quantitative estimate of drug-likeness (QED) is 0.820. The molecule has 0 aliphatic carbocycles. The van der Waals surface area contributed by atoms with E-state index in [0.29, 0.717) is 17.0 Å². The van der Waals surface area contributed by atoms with Crippen LogP contribution in [0.25, 0.3) is 11.0 Å². The summed E-state index contributed by atoms with van der Waals surface area (Å²) in [5.74, 6) is 0.540. The zero-order valence-corrected chi connectivity index (χ0v) is 10.8. The lowest BCUT2D eigenvalue weighted by atomic mass is 10.1. The van der Waals surface area contributed by atoms with E-state index in [0.717, 1.165) is 24.1 Å². The van der Waals surface area contributed by atoms with Gasteiger partial charge in [-0.1, -0.05) is 19.8 Å². The summed E-state index contributed by atoms with van der Waals surface area (Å²) in [4.78, 5) is 7.62. The summed E-state index contributed by atoms with van der Waals surface area (Å²) < 4.78 is 5.10. The molecule has 0 aliphatic rings. The summed E-state index contributed by atoms with van der Waals surface area (Å²) in [5.41, 5.74) is 3.25. The number of nitrogens with one attached hydrogen (secondary N) is 1. The molecule has 0 aromatic carbocycles. The second kappa shape index (κ2) is 5.54. The van der Waals surface area contributed by atoms with Gasteiger partial charge in [0, 0.05) is 11.8 Å². The van der Waals surface area contributed by atoms with Crippen LogP contribution in [0.2, 0.25) is 0 Å². The molecule has 2 aromatic heterocycles. The monoisotopic (exact) mass is 243 g/mol. The van der Waals surface area contributed by atoms with Crippen LogP contribution in [0.3, 0.4) is 0 Å². The fourth-order valence-corrected chi connectivity index (χ4v) is 2.07. The highest BCUT2D eigenvalue weighted by molar-refractivity contribution is 5.83. The molecule has 2 rings (SSSR count). The summed E-state index contributed by atoms with van der Waals surface area (Å²) in [7, 11) is 1.58. The van der Waals surface area contributed by atoms with Gasteiger partial charge in [-0.15, -0.1) is 0 Å². The molecule has 0 bridgehead atoms. The van der Waals surface area contributed by atoms with Crippen LogP contribution in [0.1, 0.15) is 37.4 Å². The van der Waals surface area contributed by atoms with Crippen LogP contribution in [-0.2, 0) is 6.42 Å². The van der Waals surface area contributed by atoms with Crippen molar-refractivity contribution in [1.29, 1.82) is 5.26 Å². The second-order valence-electron chi connectivity index (χ2n) is 4.30. The minimum Gasteiger partial charge on any atom is -0.481 e. The summed E-state index contributed by atoms with van der Waals surface area (Å²) >= 11 is 0. The average molecular weight is 243 g/mol. The van der Waals surface area contributed by atoms with Crippen molar-refractivity contribution >= 4 is 11.0 Å². The van der Waals surface area contributed by atoms with Crippen molar-refractivity contribution in [3.05, 3.63) is 23.4 Å². The van der Waals surface area contributed by atoms with Gasteiger partial charge in [-0.2, -0.15) is 5.26 Å². The molecule has 0 aliphatic heterocycles. The highest BCUT2D eigenvalue weighted by Gasteiger charge is 2.12. The molecule has 2 heterocycles. The van der Waals surface area contributed by atoms with Crippen LogP contribution < -0.4 is 4.74 Å². The van der Waals surface area contributed by atoms with Crippen molar-refractivity contribution in [3.63, 3.8) is 0 Å². The molecule has 0 radical (unpaired) electrons. The number of hydrogen-bond donors (Lipinski definition) is 1. The van der Waals surface area contributed by atoms with E-state index in [9.17, 15) is 5.26 Å². The predicted octanol–water partition coefficient (Wildman–Crippen LogP) is 3.18. The van der Waals surface area contributed by atoms with E-state index < -0.39 is 0 Å². The first kappa shape index (κ1) is 12.4. The van der Waals surface area contributed by atoms with E-state index in [1.54, 1.807) is 13.2 Å². The number of aryl methyl sites for hydroxylation is 1. The Morgan fingerprint density at radius 3 is 2.89 bits per heavy atom. The third kappa shape index (κ3) is 2.30. The lowest BCUT2D eigenvalue weighted by Crippen LogP contribution is -1.89. The standard InChI is InChI=1S/C14H17N3O/c1-3-4-5-6-11-10(9-15)14-12(16-11)7-8-13(17-14)18-2/h7-8,16H,3-6H2,1-2H3. The largest absolute Gasteiger partial charge is 0.481 e. The Hall–Kier alpha value is -2.02. The number of aromatic nitrogens is 2. The maximum atomic E-state index is 9.27. The van der Waals surface area contributed by atoms with Crippen LogP contribution in [0.5, 0.6) is 5.88 Å². The molecule has 2 aromatic rings. The summed E-state index contributed by atoms with van der Waals surface area (Å²) in [6.07, 6.45) is 4.34. The molecular formula is C14H17N3O. The number of H-pyrrole nitrogens is 1. The van der Waals surface area contributed by atoms with Crippen LogP contribution >= 0.6 is 0 Å². The van der Waals surface area contributed by atoms with Gasteiger partial charge in [0.1, 0.15) is 11.6 Å². The van der Waals surface area contributed by atoms with Crippen molar-refractivity contribution in [2.75, 3.05) is 7.11 Å². The van der Waals surface area contributed by atoms with Crippen molar-refractivity contribution in [3.8, 4) is 11.9 Å². The van der Waals surface area contributed by atoms with E-state index in [2.05, 4.69) is 23.0 Å². The number of ether oxygens (including phenoxy) is 1. The molecule has 4 heteroatoms. The molecule has 0 atom stereocenters. The van der Waals surface area contributed by atoms with E-state index in [1.165, 1.54) is 12.8 Å². The molecular weight excluding hydrogens is 226 g/mol. The van der Waals surface area contributed by atoms with E-state index in [1.807, 2.05) is 6.07 Å². The van der Waals surface area contributed by atoms with E-state index in [4.69, 9.17) is 4.74 Å². The Kier molecular flexibility index (Phi) is 3.83. The third-order valence-corrected chi connectivity index (χ3v) is 3.05. The van der Waals surface area contributed by atoms with Gasteiger partial charge in [-0.3, -0.25) is 0 Å². The highest BCUT2D eigenvalue weighted by atomic mass is 16.5. The molecule has 4 nitrogen and oxygen atoms in total. The van der Waals surface area contributed by atoms with Gasteiger partial charge in [0.05, 0.1) is 18.2 Å². The number of pyridine rings is 1. The lowest BCUT2D eigenvalue weighted by molar-refractivity contribution is 0.399. The normalized spacial score (nSPS) is 10.5. The molecule has 1 N–H and O–H groups in total. The maximum Gasteiger partial charge on any atom is 0.213 e. The first-order valence-corrected chi connectivity index (χ1v) is 6.25. The third-order valence-electron chi connectivity index (χ3n) is 3.05. The van der Waals surface area contributed by atoms with Crippen LogP contribution in [0.4, 0.5) is 0 Å². The molecule has 0 saturated carbocycles. The topological polar surface area (TPSA) is 61.7 Å². The van der Waals surface area contributed by atoms with Crippen molar-refractivity contribution in [2.45, 2.75) is 32.6 Å². The minimum atomic E-state index is 0.540. The zero-order chi connectivity index (χ0) is 13.0. The Labute approximate surface area is 107 Å². The maximum absolute atomic E-state index is 9.27. The van der Waals surface area contributed by atoms with Crippen LogP contribution in [0, 0.1) is 11.3 Å². The first-order valence-electron chi connectivity index (χ1n) is 6.25. The van der Waals surface area contributed by atoms with Crippen molar-refractivity contribution in [2.24, 2.45) is 0 Å². The number of aromatic amines is 1. The molecule has 18 heavy (non-hydrogen) atoms. The lowest BCUT2D eigenvalue weighted by Gasteiger charge is -1.97. The number of fused-ring (bicyclic) bond motifs is 1. The highest BCUT2D eigenvalue weighted by Crippen LogP contribution is 2.23. The number of nitrogens with zero attached hydrogens (tertiary/aromatic N) is 2. The SMILES string of the molecule is CCCCCc1[nH]c2ccc(OC)nc2c1C#N. The second-order valence-corrected chi connectivity index (χ2v) is 4.30. The molecule has 0 fully saturated rings. The fraction of sp³-hybridized carbons (Fsp3) is 0.429. The number of methoxy groups -OCH3 is 1. The molecule has 0 saturated heterocycles. The first-order chi connectivity index (χ1) is 8.80. The van der Waals surface area contributed by atoms with Gasteiger partial charge < -0.3 is 9.72 Å². The van der Waals surface area contributed by atoms with Crippen molar-refractivity contribution < 1.29 is 4.74 Å². The smallest absolute Gasteiger partial charge is 0.213 e. The predicted molar refractivity (Wildman–Crippen MR) is 70.6 cm³/mol. The number of unbranched alkanes of at least 4 members (excludes halogenated alkanes) is 2. The van der Waals surface area contributed by atoms with Crippen LogP contribution in [0.15, 0.2) is 12.1 Å². The van der Waals surface area contributed by atoms with Gasteiger partial charge in [0.25, 0.3) is 0 Å². The summed E-state index contributed by atoms with van der Waals surface area (Å²) in [6, 6.07) is 5.96. The molecule has 0 unspecified atom stereocenters. The van der Waals surface area contributed by atoms with Gasteiger partial charge in [0.2, 0.25) is 5.88 Å². The minimum absolute atomic E-state index is 0.540. The van der Waals surface area contributed by atoms with Gasteiger partial charge in [0.15, 0.2) is 0 Å². The van der Waals surface area contributed by atoms with Crippen LogP contribution in [-0.4, -0.2) is 17.1 Å². The summed E-state index contributed by atoms with van der Waals surface area (Å²) in [5, 5.41) is 9.27. The van der Waals surface area contributed by atoms with E-state index >= 15 is 0 Å². The van der Waals surface area contributed by atoms with E-state index in [-0.39, 0.29) is 0 Å². The molecule has 0 amide bonds. The molecule has 94 valence electrons. The van der Waals surface area contributed by atoms with Gasteiger partial charge in [-0.05, 0) is 18.9 Å². The Bertz CT molecular complexity index is 580. The fourth-order valence-electron chi connectivity index (χ4n) is 2.07.